The number of nitrogens with zero attached hydrogens (tertiary/aromatic N) is 3. The second-order valence-corrected chi connectivity index (χ2v) is 8.93. The molecule has 1 aliphatic heterocycles. The maximum absolute atomic E-state index is 13.6. The zero-order valence-electron chi connectivity index (χ0n) is 19.3. The quantitative estimate of drug-likeness (QED) is 0.458. The number of halogens is 2. The lowest BCUT2D eigenvalue weighted by atomic mass is 10.0. The van der Waals surface area contributed by atoms with Crippen molar-refractivity contribution in [2.24, 2.45) is 5.73 Å². The standard InChI is InChI=1S/C27H27ClFN5O/c28-25-16-22(8-11-26(25)29)32-27(35)34(14-13-33-12-2-5-24(33)18-31)23-9-6-20(7-10-23)21-4-1-3-19(15-21)17-30/h1,3-4,6-11,15-16,24H,2,5,12-14,18,31H2,(H,32,35). The van der Waals surface area contributed by atoms with E-state index in [9.17, 15) is 14.4 Å². The summed E-state index contributed by atoms with van der Waals surface area (Å²) in [6.07, 6.45) is 2.16. The van der Waals surface area contributed by atoms with E-state index in [4.69, 9.17) is 17.3 Å². The second-order valence-electron chi connectivity index (χ2n) is 8.52. The Morgan fingerprint density at radius 1 is 1.17 bits per heavy atom. The Bertz CT molecular complexity index is 1230. The molecule has 0 aromatic heterocycles. The summed E-state index contributed by atoms with van der Waals surface area (Å²) in [6, 6.07) is 21.3. The lowest BCUT2D eigenvalue weighted by molar-refractivity contribution is 0.248. The molecule has 1 heterocycles. The molecule has 8 heteroatoms. The van der Waals surface area contributed by atoms with Gasteiger partial charge in [-0.15, -0.1) is 0 Å². The number of rotatable bonds is 7. The molecule has 180 valence electrons. The van der Waals surface area contributed by atoms with Crippen molar-refractivity contribution in [3.05, 3.63) is 83.1 Å². The Kier molecular flexibility index (Phi) is 7.98. The van der Waals surface area contributed by atoms with E-state index in [1.807, 2.05) is 42.5 Å². The fraction of sp³-hybridized carbons (Fsp3) is 0.259. The Hall–Kier alpha value is -3.44. The Balaban J connectivity index is 1.56. The monoisotopic (exact) mass is 491 g/mol. The molecule has 3 aromatic carbocycles. The lowest BCUT2D eigenvalue weighted by Gasteiger charge is -2.29. The summed E-state index contributed by atoms with van der Waals surface area (Å²) in [5.74, 6) is -0.542. The topological polar surface area (TPSA) is 85.4 Å². The third kappa shape index (κ3) is 5.98. The van der Waals surface area contributed by atoms with Crippen LogP contribution in [0.4, 0.5) is 20.6 Å². The zero-order valence-corrected chi connectivity index (χ0v) is 20.0. The van der Waals surface area contributed by atoms with Crippen molar-refractivity contribution in [1.29, 1.82) is 5.26 Å². The van der Waals surface area contributed by atoms with Crippen molar-refractivity contribution >= 4 is 29.0 Å². The number of nitriles is 1. The predicted octanol–water partition coefficient (Wildman–Crippen LogP) is 5.48. The van der Waals surface area contributed by atoms with Gasteiger partial charge in [0.1, 0.15) is 5.82 Å². The molecule has 3 N–H and O–H groups in total. The number of nitrogens with one attached hydrogen (secondary N) is 1. The van der Waals surface area contributed by atoms with Crippen LogP contribution >= 0.6 is 11.6 Å². The maximum atomic E-state index is 13.6. The number of likely N-dealkylation sites (tertiary alicyclic amines) is 1. The van der Waals surface area contributed by atoms with Crippen LogP contribution in [0.1, 0.15) is 18.4 Å². The Morgan fingerprint density at radius 2 is 1.97 bits per heavy atom. The van der Waals surface area contributed by atoms with Crippen LogP contribution in [0.5, 0.6) is 0 Å². The van der Waals surface area contributed by atoms with Crippen LogP contribution in [-0.4, -0.2) is 43.2 Å². The highest BCUT2D eigenvalue weighted by Gasteiger charge is 2.25. The molecule has 35 heavy (non-hydrogen) atoms. The van der Waals surface area contributed by atoms with Gasteiger partial charge in [-0.1, -0.05) is 35.9 Å². The molecule has 0 bridgehead atoms. The van der Waals surface area contributed by atoms with Gasteiger partial charge in [0, 0.05) is 37.1 Å². The van der Waals surface area contributed by atoms with Crippen LogP contribution in [0.3, 0.4) is 0 Å². The summed E-state index contributed by atoms with van der Waals surface area (Å²) >= 11 is 5.89. The van der Waals surface area contributed by atoms with E-state index >= 15 is 0 Å². The molecule has 4 rings (SSSR count). The molecular formula is C27H27ClFN5O. The molecule has 0 aliphatic carbocycles. The summed E-state index contributed by atoms with van der Waals surface area (Å²) in [7, 11) is 0. The van der Waals surface area contributed by atoms with Crippen molar-refractivity contribution in [2.45, 2.75) is 18.9 Å². The fourth-order valence-corrected chi connectivity index (χ4v) is 4.58. The first-order valence-corrected chi connectivity index (χ1v) is 11.9. The van der Waals surface area contributed by atoms with Crippen LogP contribution in [0.25, 0.3) is 11.1 Å². The number of urea groups is 1. The lowest BCUT2D eigenvalue weighted by Crippen LogP contribution is -2.44. The van der Waals surface area contributed by atoms with E-state index in [0.29, 0.717) is 36.9 Å². The smallest absolute Gasteiger partial charge is 0.326 e. The van der Waals surface area contributed by atoms with Crippen molar-refractivity contribution in [3.8, 4) is 17.2 Å². The van der Waals surface area contributed by atoms with Gasteiger partial charge in [0.25, 0.3) is 0 Å². The van der Waals surface area contributed by atoms with Crippen molar-refractivity contribution in [3.63, 3.8) is 0 Å². The molecule has 1 atom stereocenters. The number of hydrogen-bond donors (Lipinski definition) is 2. The van der Waals surface area contributed by atoms with Crippen molar-refractivity contribution < 1.29 is 9.18 Å². The Morgan fingerprint density at radius 3 is 2.69 bits per heavy atom. The van der Waals surface area contributed by atoms with Crippen LogP contribution in [0.15, 0.2) is 66.7 Å². The van der Waals surface area contributed by atoms with E-state index in [1.165, 1.54) is 18.2 Å². The van der Waals surface area contributed by atoms with Gasteiger partial charge in [-0.3, -0.25) is 9.80 Å². The van der Waals surface area contributed by atoms with E-state index < -0.39 is 5.82 Å². The van der Waals surface area contributed by atoms with E-state index in [2.05, 4.69) is 16.3 Å². The van der Waals surface area contributed by atoms with Gasteiger partial charge >= 0.3 is 6.03 Å². The minimum Gasteiger partial charge on any atom is -0.329 e. The van der Waals surface area contributed by atoms with Crippen LogP contribution < -0.4 is 16.0 Å². The van der Waals surface area contributed by atoms with Gasteiger partial charge in [0.15, 0.2) is 0 Å². The average Bonchev–Trinajstić information content (AvgIpc) is 3.34. The zero-order chi connectivity index (χ0) is 24.8. The normalized spacial score (nSPS) is 15.5. The molecule has 0 radical (unpaired) electrons. The van der Waals surface area contributed by atoms with Gasteiger partial charge in [-0.05, 0) is 73.0 Å². The van der Waals surface area contributed by atoms with E-state index in [1.54, 1.807) is 11.0 Å². The highest BCUT2D eigenvalue weighted by molar-refractivity contribution is 6.31. The summed E-state index contributed by atoms with van der Waals surface area (Å²) < 4.78 is 13.6. The number of nitrogens with two attached hydrogens (primary N) is 1. The van der Waals surface area contributed by atoms with Gasteiger partial charge < -0.3 is 11.1 Å². The van der Waals surface area contributed by atoms with Gasteiger partial charge in [0.2, 0.25) is 0 Å². The molecule has 0 saturated carbocycles. The molecule has 1 saturated heterocycles. The van der Waals surface area contributed by atoms with E-state index in [0.717, 1.165) is 36.2 Å². The highest BCUT2D eigenvalue weighted by Crippen LogP contribution is 2.26. The Labute approximate surface area is 209 Å². The second kappa shape index (κ2) is 11.3. The summed E-state index contributed by atoms with van der Waals surface area (Å²) in [4.78, 5) is 17.3. The third-order valence-electron chi connectivity index (χ3n) is 6.30. The number of benzene rings is 3. The number of anilines is 2. The van der Waals surface area contributed by atoms with Gasteiger partial charge in [0.05, 0.1) is 16.7 Å². The highest BCUT2D eigenvalue weighted by atomic mass is 35.5. The molecule has 3 aromatic rings. The van der Waals surface area contributed by atoms with Crippen LogP contribution in [-0.2, 0) is 0 Å². The van der Waals surface area contributed by atoms with E-state index in [-0.39, 0.29) is 11.1 Å². The predicted molar refractivity (Wildman–Crippen MR) is 138 cm³/mol. The first kappa shape index (κ1) is 24.7. The molecule has 6 nitrogen and oxygen atoms in total. The summed E-state index contributed by atoms with van der Waals surface area (Å²) in [5.41, 5.74) is 9.52. The minimum atomic E-state index is -0.542. The van der Waals surface area contributed by atoms with Gasteiger partial charge in [-0.25, -0.2) is 9.18 Å². The number of carbonyl (C=O) groups excluding carboxylic acids is 1. The number of amides is 2. The molecule has 1 fully saturated rings. The van der Waals surface area contributed by atoms with Crippen LogP contribution in [0, 0.1) is 17.1 Å². The van der Waals surface area contributed by atoms with Gasteiger partial charge in [-0.2, -0.15) is 5.26 Å². The maximum Gasteiger partial charge on any atom is 0.326 e. The SMILES string of the molecule is N#Cc1cccc(-c2ccc(N(CCN3CCCC3CN)C(=O)Nc3ccc(F)c(Cl)c3)cc2)c1. The molecule has 2 amide bonds. The largest absolute Gasteiger partial charge is 0.329 e. The number of carbonyl (C=O) groups is 1. The average molecular weight is 492 g/mol. The molecule has 1 unspecified atom stereocenters. The van der Waals surface area contributed by atoms with Crippen molar-refractivity contribution in [1.82, 2.24) is 4.90 Å². The molecular weight excluding hydrogens is 465 g/mol. The van der Waals surface area contributed by atoms with Crippen molar-refractivity contribution in [2.75, 3.05) is 36.4 Å². The molecule has 1 aliphatic rings. The fourth-order valence-electron chi connectivity index (χ4n) is 4.40. The summed E-state index contributed by atoms with van der Waals surface area (Å²) in [6.45, 7) is 2.70. The van der Waals surface area contributed by atoms with Crippen LogP contribution in [0.2, 0.25) is 5.02 Å². The third-order valence-corrected chi connectivity index (χ3v) is 6.59. The first-order valence-electron chi connectivity index (χ1n) is 11.6. The molecule has 0 spiro atoms. The summed E-state index contributed by atoms with van der Waals surface area (Å²) in [5, 5.41) is 12.0. The first-order chi connectivity index (χ1) is 17.0. The number of hydrogen-bond acceptors (Lipinski definition) is 4. The minimum absolute atomic E-state index is 0.0545.